The van der Waals surface area contributed by atoms with Gasteiger partial charge in [0.15, 0.2) is 4.90 Å². The summed E-state index contributed by atoms with van der Waals surface area (Å²) in [6.45, 7) is 3.60. The normalized spacial score (nSPS) is 11.1. The number of carbonyl (C=O) groups excluding carboxylic acids is 1. The summed E-state index contributed by atoms with van der Waals surface area (Å²) in [5.74, 6) is -0.708. The van der Waals surface area contributed by atoms with Gasteiger partial charge in [-0.25, -0.2) is 13.4 Å². The van der Waals surface area contributed by atoms with Gasteiger partial charge >= 0.3 is 0 Å². The number of nitrogens with one attached hydrogen (secondary N) is 2. The Morgan fingerprint density at radius 1 is 1.18 bits per heavy atom. The Labute approximate surface area is 161 Å². The highest BCUT2D eigenvalue weighted by atomic mass is 32.2. The van der Waals surface area contributed by atoms with Gasteiger partial charge in [0.25, 0.3) is 15.9 Å². The van der Waals surface area contributed by atoms with Crippen LogP contribution in [0.3, 0.4) is 0 Å². The first-order chi connectivity index (χ1) is 13.3. The van der Waals surface area contributed by atoms with Crippen molar-refractivity contribution in [2.45, 2.75) is 18.7 Å². The molecule has 0 atom stereocenters. The van der Waals surface area contributed by atoms with Crippen LogP contribution in [0.2, 0.25) is 0 Å². The van der Waals surface area contributed by atoms with Gasteiger partial charge in [-0.05, 0) is 31.0 Å². The maximum atomic E-state index is 13.0. The molecule has 10 heteroatoms. The van der Waals surface area contributed by atoms with Gasteiger partial charge < -0.3 is 14.6 Å². The third-order valence-electron chi connectivity index (χ3n) is 3.94. The number of anilines is 2. The SMILES string of the molecule is COc1ncc(NC(=O)c2ccno2)cc1S(=O)(=O)Nc1c(C)cccc1C. The lowest BCUT2D eigenvalue weighted by atomic mass is 10.1. The van der Waals surface area contributed by atoms with Crippen LogP contribution in [0.5, 0.6) is 5.88 Å². The number of para-hydroxylation sites is 1. The maximum absolute atomic E-state index is 13.0. The van der Waals surface area contributed by atoms with Gasteiger partial charge in [0.05, 0.1) is 30.9 Å². The van der Waals surface area contributed by atoms with Crippen molar-refractivity contribution in [3.05, 3.63) is 59.6 Å². The quantitative estimate of drug-likeness (QED) is 0.650. The summed E-state index contributed by atoms with van der Waals surface area (Å²) < 4.78 is 38.4. The van der Waals surface area contributed by atoms with E-state index in [0.717, 1.165) is 11.1 Å². The molecule has 0 bridgehead atoms. The lowest BCUT2D eigenvalue weighted by Crippen LogP contribution is -2.17. The molecule has 0 unspecified atom stereocenters. The predicted molar refractivity (Wildman–Crippen MR) is 102 cm³/mol. The number of rotatable bonds is 6. The summed E-state index contributed by atoms with van der Waals surface area (Å²) in [6, 6.07) is 8.08. The molecule has 0 aliphatic rings. The fourth-order valence-corrected chi connectivity index (χ4v) is 3.89. The molecule has 3 aromatic rings. The summed E-state index contributed by atoms with van der Waals surface area (Å²) in [6.07, 6.45) is 2.61. The van der Waals surface area contributed by atoms with E-state index >= 15 is 0 Å². The lowest BCUT2D eigenvalue weighted by Gasteiger charge is -2.15. The molecular weight excluding hydrogens is 384 g/mol. The van der Waals surface area contributed by atoms with Crippen LogP contribution in [0.4, 0.5) is 11.4 Å². The average Bonchev–Trinajstić information content (AvgIpc) is 3.20. The summed E-state index contributed by atoms with van der Waals surface area (Å²) in [5, 5.41) is 5.97. The summed E-state index contributed by atoms with van der Waals surface area (Å²) in [7, 11) is -2.73. The van der Waals surface area contributed by atoms with Crippen LogP contribution in [0, 0.1) is 13.8 Å². The van der Waals surface area contributed by atoms with Crippen molar-refractivity contribution in [2.24, 2.45) is 0 Å². The lowest BCUT2D eigenvalue weighted by molar-refractivity contribution is 0.0988. The van der Waals surface area contributed by atoms with Crippen molar-refractivity contribution < 1.29 is 22.5 Å². The Morgan fingerprint density at radius 2 is 1.89 bits per heavy atom. The number of aromatic nitrogens is 2. The Bertz CT molecular complexity index is 1090. The average molecular weight is 402 g/mol. The largest absolute Gasteiger partial charge is 0.480 e. The van der Waals surface area contributed by atoms with E-state index < -0.39 is 15.9 Å². The van der Waals surface area contributed by atoms with E-state index in [1.807, 2.05) is 6.07 Å². The molecule has 1 aromatic carbocycles. The molecule has 0 saturated heterocycles. The predicted octanol–water partition coefficient (Wildman–Crippen LogP) is 2.75. The van der Waals surface area contributed by atoms with E-state index in [9.17, 15) is 13.2 Å². The number of methoxy groups -OCH3 is 1. The minimum Gasteiger partial charge on any atom is -0.480 e. The first kappa shape index (κ1) is 19.4. The van der Waals surface area contributed by atoms with Crippen LogP contribution in [-0.2, 0) is 10.0 Å². The zero-order chi connectivity index (χ0) is 20.3. The summed E-state index contributed by atoms with van der Waals surface area (Å²) in [5.41, 5.74) is 2.17. The highest BCUT2D eigenvalue weighted by molar-refractivity contribution is 7.92. The Balaban J connectivity index is 1.96. The second kappa shape index (κ2) is 7.69. The summed E-state index contributed by atoms with van der Waals surface area (Å²) >= 11 is 0. The molecule has 9 nitrogen and oxygen atoms in total. The van der Waals surface area contributed by atoms with E-state index in [2.05, 4.69) is 20.2 Å². The number of hydrogen-bond donors (Lipinski definition) is 2. The Morgan fingerprint density at radius 3 is 2.50 bits per heavy atom. The number of ether oxygens (including phenoxy) is 1. The number of benzene rings is 1. The molecule has 1 amide bonds. The maximum Gasteiger partial charge on any atom is 0.294 e. The molecule has 2 heterocycles. The fraction of sp³-hybridized carbons (Fsp3) is 0.167. The van der Waals surface area contributed by atoms with Gasteiger partial charge in [0.1, 0.15) is 0 Å². The molecular formula is C18H18N4O5S. The van der Waals surface area contributed by atoms with Crippen LogP contribution < -0.4 is 14.8 Å². The van der Waals surface area contributed by atoms with Gasteiger partial charge in [-0.2, -0.15) is 0 Å². The number of carbonyl (C=O) groups is 1. The molecule has 0 fully saturated rings. The molecule has 0 aliphatic carbocycles. The van der Waals surface area contributed by atoms with Gasteiger partial charge in [0, 0.05) is 6.07 Å². The minimum absolute atomic E-state index is 0.0196. The third-order valence-corrected chi connectivity index (χ3v) is 5.28. The van der Waals surface area contributed by atoms with Crippen molar-refractivity contribution in [3.63, 3.8) is 0 Å². The van der Waals surface area contributed by atoms with Crippen LogP contribution in [0.25, 0.3) is 0 Å². The third kappa shape index (κ3) is 3.96. The van der Waals surface area contributed by atoms with E-state index in [1.165, 1.54) is 31.6 Å². The molecule has 28 heavy (non-hydrogen) atoms. The zero-order valence-electron chi connectivity index (χ0n) is 15.4. The second-order valence-corrected chi connectivity index (χ2v) is 7.59. The van der Waals surface area contributed by atoms with E-state index in [-0.39, 0.29) is 22.2 Å². The van der Waals surface area contributed by atoms with Gasteiger partial charge in [-0.1, -0.05) is 23.4 Å². The fourth-order valence-electron chi connectivity index (χ4n) is 2.54. The van der Waals surface area contributed by atoms with Crippen molar-refractivity contribution >= 4 is 27.3 Å². The highest BCUT2D eigenvalue weighted by Gasteiger charge is 2.24. The van der Waals surface area contributed by atoms with Crippen LogP contribution in [-0.4, -0.2) is 31.6 Å². The number of amides is 1. The topological polar surface area (TPSA) is 123 Å². The molecule has 146 valence electrons. The number of nitrogens with zero attached hydrogens (tertiary/aromatic N) is 2. The zero-order valence-corrected chi connectivity index (χ0v) is 16.2. The standard InChI is InChI=1S/C18H18N4O5S/c1-11-5-4-6-12(2)16(11)22-28(24,25)15-9-13(10-19-18(15)26-3)21-17(23)14-7-8-20-27-14/h4-10,22H,1-3H3,(H,21,23). The minimum atomic E-state index is -4.04. The Kier molecular flexibility index (Phi) is 5.32. The van der Waals surface area contributed by atoms with E-state index in [4.69, 9.17) is 9.26 Å². The van der Waals surface area contributed by atoms with Crippen molar-refractivity contribution in [1.82, 2.24) is 10.1 Å². The highest BCUT2D eigenvalue weighted by Crippen LogP contribution is 2.29. The van der Waals surface area contributed by atoms with Crippen LogP contribution in [0.15, 0.2) is 52.1 Å². The molecule has 2 N–H and O–H groups in total. The molecule has 0 spiro atoms. The first-order valence-electron chi connectivity index (χ1n) is 8.17. The van der Waals surface area contributed by atoms with Crippen LogP contribution in [0.1, 0.15) is 21.7 Å². The van der Waals surface area contributed by atoms with Crippen LogP contribution >= 0.6 is 0 Å². The smallest absolute Gasteiger partial charge is 0.294 e. The van der Waals surface area contributed by atoms with E-state index in [1.54, 1.807) is 26.0 Å². The number of hydrogen-bond acceptors (Lipinski definition) is 7. The van der Waals surface area contributed by atoms with Crippen molar-refractivity contribution in [1.29, 1.82) is 0 Å². The summed E-state index contributed by atoms with van der Waals surface area (Å²) in [4.78, 5) is 15.9. The number of pyridine rings is 1. The van der Waals surface area contributed by atoms with E-state index in [0.29, 0.717) is 5.69 Å². The number of aryl methyl sites for hydroxylation is 2. The molecule has 0 aliphatic heterocycles. The van der Waals surface area contributed by atoms with Gasteiger partial charge in [-0.15, -0.1) is 0 Å². The van der Waals surface area contributed by atoms with Gasteiger partial charge in [0.2, 0.25) is 11.6 Å². The van der Waals surface area contributed by atoms with Gasteiger partial charge in [-0.3, -0.25) is 9.52 Å². The first-order valence-corrected chi connectivity index (χ1v) is 9.65. The Hall–Kier alpha value is -3.40. The van der Waals surface area contributed by atoms with Crippen molar-refractivity contribution in [2.75, 3.05) is 17.1 Å². The second-order valence-electron chi connectivity index (χ2n) is 5.93. The molecule has 0 radical (unpaired) electrons. The molecule has 2 aromatic heterocycles. The number of sulfonamides is 1. The monoisotopic (exact) mass is 402 g/mol. The molecule has 0 saturated carbocycles. The van der Waals surface area contributed by atoms with Crippen molar-refractivity contribution in [3.8, 4) is 5.88 Å². The molecule has 3 rings (SSSR count).